The lowest BCUT2D eigenvalue weighted by Gasteiger charge is -2.11. The Hall–Kier alpha value is -1.17. The van der Waals surface area contributed by atoms with Crippen molar-refractivity contribution in [2.24, 2.45) is 7.05 Å². The van der Waals surface area contributed by atoms with Crippen molar-refractivity contribution >= 4 is 42.8 Å². The predicted octanol–water partition coefficient (Wildman–Crippen LogP) is 4.37. The van der Waals surface area contributed by atoms with Gasteiger partial charge in [-0.2, -0.15) is 5.10 Å². The zero-order valence-corrected chi connectivity index (χ0v) is 14.6. The molecule has 0 aliphatic heterocycles. The molecule has 1 heterocycles. The lowest BCUT2D eigenvalue weighted by atomic mass is 10.0. The second-order valence-electron chi connectivity index (χ2n) is 5.01. The molecule has 0 saturated carbocycles. The Labute approximate surface area is 139 Å². The van der Waals surface area contributed by atoms with E-state index in [1.54, 1.807) is 0 Å². The summed E-state index contributed by atoms with van der Waals surface area (Å²) in [6.45, 7) is 0. The molecule has 1 atom stereocenters. The van der Waals surface area contributed by atoms with Gasteiger partial charge in [0.25, 0.3) is 0 Å². The lowest BCUT2D eigenvalue weighted by Crippen LogP contribution is -2.03. The number of para-hydroxylation sites is 1. The Kier molecular flexibility index (Phi) is 4.15. The van der Waals surface area contributed by atoms with Gasteiger partial charge in [0.1, 0.15) is 0 Å². The summed E-state index contributed by atoms with van der Waals surface area (Å²) in [6, 6.07) is 13.9. The highest BCUT2D eigenvalue weighted by Crippen LogP contribution is 2.28. The van der Waals surface area contributed by atoms with Crippen molar-refractivity contribution in [3.05, 3.63) is 62.7 Å². The number of aryl methyl sites for hydroxylation is 1. The van der Waals surface area contributed by atoms with Crippen LogP contribution in [0.25, 0.3) is 10.9 Å². The Bertz CT molecular complexity index is 778. The van der Waals surface area contributed by atoms with Crippen molar-refractivity contribution in [2.75, 3.05) is 0 Å². The standard InChI is InChI=1S/C16H14Br2N2O/c1-20-15-5-3-2-4-13(15)14(19-20)9-16(21)10-6-11(17)8-12(18)7-10/h2-8,16,21H,9H2,1H3. The van der Waals surface area contributed by atoms with Crippen molar-refractivity contribution in [1.82, 2.24) is 9.78 Å². The van der Waals surface area contributed by atoms with Crippen LogP contribution < -0.4 is 0 Å². The van der Waals surface area contributed by atoms with E-state index in [1.807, 2.05) is 54.2 Å². The summed E-state index contributed by atoms with van der Waals surface area (Å²) < 4.78 is 3.74. The average molecular weight is 410 g/mol. The molecule has 1 N–H and O–H groups in total. The van der Waals surface area contributed by atoms with Gasteiger partial charge in [0, 0.05) is 27.8 Å². The minimum atomic E-state index is -0.586. The number of fused-ring (bicyclic) bond motifs is 1. The first-order valence-corrected chi connectivity index (χ1v) is 8.18. The van der Waals surface area contributed by atoms with Crippen molar-refractivity contribution in [1.29, 1.82) is 0 Å². The van der Waals surface area contributed by atoms with Gasteiger partial charge >= 0.3 is 0 Å². The average Bonchev–Trinajstić information content (AvgIpc) is 2.75. The van der Waals surface area contributed by atoms with Gasteiger partial charge in [-0.1, -0.05) is 50.1 Å². The van der Waals surface area contributed by atoms with Gasteiger partial charge in [0.05, 0.1) is 17.3 Å². The molecular weight excluding hydrogens is 396 g/mol. The number of aromatic nitrogens is 2. The Balaban J connectivity index is 1.94. The number of rotatable bonds is 3. The second kappa shape index (κ2) is 5.91. The number of aliphatic hydroxyl groups is 1. The van der Waals surface area contributed by atoms with Crippen LogP contribution in [0.4, 0.5) is 0 Å². The van der Waals surface area contributed by atoms with E-state index in [0.29, 0.717) is 6.42 Å². The maximum Gasteiger partial charge on any atom is 0.0847 e. The fraction of sp³-hybridized carbons (Fsp3) is 0.188. The minimum absolute atomic E-state index is 0.490. The fourth-order valence-electron chi connectivity index (χ4n) is 2.51. The Morgan fingerprint density at radius 3 is 2.52 bits per heavy atom. The molecule has 3 rings (SSSR count). The van der Waals surface area contributed by atoms with Crippen molar-refractivity contribution in [3.63, 3.8) is 0 Å². The van der Waals surface area contributed by atoms with Crippen LogP contribution in [-0.4, -0.2) is 14.9 Å². The van der Waals surface area contributed by atoms with Crippen LogP contribution in [0.15, 0.2) is 51.4 Å². The molecule has 0 aliphatic rings. The molecule has 108 valence electrons. The molecule has 21 heavy (non-hydrogen) atoms. The number of halogens is 2. The molecule has 0 bridgehead atoms. The Morgan fingerprint density at radius 1 is 1.14 bits per heavy atom. The van der Waals surface area contributed by atoms with Gasteiger partial charge in [0.15, 0.2) is 0 Å². The maximum atomic E-state index is 10.5. The van der Waals surface area contributed by atoms with Crippen LogP contribution in [0.5, 0.6) is 0 Å². The van der Waals surface area contributed by atoms with E-state index in [1.165, 1.54) is 0 Å². The van der Waals surface area contributed by atoms with E-state index in [4.69, 9.17) is 0 Å². The summed E-state index contributed by atoms with van der Waals surface area (Å²) in [6.07, 6.45) is -0.0957. The highest BCUT2D eigenvalue weighted by molar-refractivity contribution is 9.11. The van der Waals surface area contributed by atoms with Crippen LogP contribution >= 0.6 is 31.9 Å². The smallest absolute Gasteiger partial charge is 0.0847 e. The number of benzene rings is 2. The third kappa shape index (κ3) is 3.05. The lowest BCUT2D eigenvalue weighted by molar-refractivity contribution is 0.177. The summed E-state index contributed by atoms with van der Waals surface area (Å²) in [5.41, 5.74) is 2.86. The van der Waals surface area contributed by atoms with Gasteiger partial charge in [-0.25, -0.2) is 0 Å². The number of nitrogens with zero attached hydrogens (tertiary/aromatic N) is 2. The largest absolute Gasteiger partial charge is 0.388 e. The molecule has 0 aliphatic carbocycles. The third-order valence-electron chi connectivity index (χ3n) is 3.49. The molecule has 1 unspecified atom stereocenters. The maximum absolute atomic E-state index is 10.5. The normalized spacial score (nSPS) is 12.8. The zero-order valence-electron chi connectivity index (χ0n) is 11.4. The first-order chi connectivity index (χ1) is 10.0. The number of hydrogen-bond donors (Lipinski definition) is 1. The Morgan fingerprint density at radius 2 is 1.81 bits per heavy atom. The molecule has 2 aromatic carbocycles. The van der Waals surface area contributed by atoms with Crippen LogP contribution in [-0.2, 0) is 13.5 Å². The van der Waals surface area contributed by atoms with Crippen LogP contribution in [0.1, 0.15) is 17.4 Å². The summed E-state index contributed by atoms with van der Waals surface area (Å²) in [4.78, 5) is 0. The molecule has 3 nitrogen and oxygen atoms in total. The number of hydrogen-bond acceptors (Lipinski definition) is 2. The SMILES string of the molecule is Cn1nc(CC(O)c2cc(Br)cc(Br)c2)c2ccccc21. The fourth-order valence-corrected chi connectivity index (χ4v) is 3.84. The van der Waals surface area contributed by atoms with Crippen LogP contribution in [0.3, 0.4) is 0 Å². The molecular formula is C16H14Br2N2O. The van der Waals surface area contributed by atoms with E-state index in [-0.39, 0.29) is 0 Å². The monoisotopic (exact) mass is 408 g/mol. The molecule has 0 radical (unpaired) electrons. The highest BCUT2D eigenvalue weighted by Gasteiger charge is 2.15. The molecule has 1 aromatic heterocycles. The topological polar surface area (TPSA) is 38.0 Å². The summed E-state index contributed by atoms with van der Waals surface area (Å²) in [5, 5.41) is 16.1. The molecule has 5 heteroatoms. The quantitative estimate of drug-likeness (QED) is 0.697. The molecule has 3 aromatic rings. The van der Waals surface area contributed by atoms with Crippen LogP contribution in [0, 0.1) is 0 Å². The van der Waals surface area contributed by atoms with Gasteiger partial charge in [-0.15, -0.1) is 0 Å². The van der Waals surface area contributed by atoms with Gasteiger partial charge in [-0.3, -0.25) is 4.68 Å². The first kappa shape index (κ1) is 14.8. The first-order valence-electron chi connectivity index (χ1n) is 6.59. The third-order valence-corrected chi connectivity index (χ3v) is 4.41. The van der Waals surface area contributed by atoms with Gasteiger partial charge in [-0.05, 0) is 29.8 Å². The van der Waals surface area contributed by atoms with E-state index in [9.17, 15) is 5.11 Å². The molecule has 0 spiro atoms. The highest BCUT2D eigenvalue weighted by atomic mass is 79.9. The summed E-state index contributed by atoms with van der Waals surface area (Å²) in [5.74, 6) is 0. The summed E-state index contributed by atoms with van der Waals surface area (Å²) >= 11 is 6.90. The molecule has 0 fully saturated rings. The van der Waals surface area contributed by atoms with E-state index < -0.39 is 6.10 Å². The predicted molar refractivity (Wildman–Crippen MR) is 91.2 cm³/mol. The van der Waals surface area contributed by atoms with Crippen molar-refractivity contribution in [2.45, 2.75) is 12.5 Å². The van der Waals surface area contributed by atoms with Crippen molar-refractivity contribution < 1.29 is 5.11 Å². The van der Waals surface area contributed by atoms with E-state index in [0.717, 1.165) is 31.1 Å². The zero-order chi connectivity index (χ0) is 15.0. The minimum Gasteiger partial charge on any atom is -0.388 e. The molecule has 0 saturated heterocycles. The van der Waals surface area contributed by atoms with Gasteiger partial charge < -0.3 is 5.11 Å². The van der Waals surface area contributed by atoms with E-state index >= 15 is 0 Å². The van der Waals surface area contributed by atoms with Crippen molar-refractivity contribution in [3.8, 4) is 0 Å². The number of aliphatic hydroxyl groups excluding tert-OH is 1. The summed E-state index contributed by atoms with van der Waals surface area (Å²) in [7, 11) is 1.92. The van der Waals surface area contributed by atoms with Crippen LogP contribution in [0.2, 0.25) is 0 Å². The second-order valence-corrected chi connectivity index (χ2v) is 6.84. The van der Waals surface area contributed by atoms with E-state index in [2.05, 4.69) is 37.0 Å². The van der Waals surface area contributed by atoms with Gasteiger partial charge in [0.2, 0.25) is 0 Å². The molecule has 0 amide bonds.